The lowest BCUT2D eigenvalue weighted by molar-refractivity contribution is 0.181. The monoisotopic (exact) mass is 415 g/mol. The van der Waals surface area contributed by atoms with Crippen molar-refractivity contribution in [1.29, 1.82) is 0 Å². The van der Waals surface area contributed by atoms with E-state index >= 15 is 0 Å². The molecule has 1 unspecified atom stereocenters. The van der Waals surface area contributed by atoms with Crippen LogP contribution in [0.15, 0.2) is 41.4 Å². The van der Waals surface area contributed by atoms with Gasteiger partial charge >= 0.3 is 0 Å². The number of methoxy groups -OCH3 is 3. The number of nitrogens with zero attached hydrogens (tertiary/aromatic N) is 2. The summed E-state index contributed by atoms with van der Waals surface area (Å²) in [6, 6.07) is 11.1. The SMILES string of the molecule is CN=C(NCc1ccc(F)c(COC)c1)N1CCC(c2cc(OC)cc(OC)c2)C1. The van der Waals surface area contributed by atoms with Crippen LogP contribution in [0.5, 0.6) is 11.5 Å². The zero-order valence-electron chi connectivity index (χ0n) is 18.1. The molecular formula is C23H30FN3O3. The van der Waals surface area contributed by atoms with Crippen molar-refractivity contribution < 1.29 is 18.6 Å². The number of hydrogen-bond donors (Lipinski definition) is 1. The lowest BCUT2D eigenvalue weighted by atomic mass is 9.98. The second-order valence-corrected chi connectivity index (χ2v) is 7.34. The van der Waals surface area contributed by atoms with E-state index in [4.69, 9.17) is 14.2 Å². The lowest BCUT2D eigenvalue weighted by Crippen LogP contribution is -2.39. The molecule has 3 rings (SSSR count). The van der Waals surface area contributed by atoms with Crippen LogP contribution in [0, 0.1) is 5.82 Å². The van der Waals surface area contributed by atoms with Gasteiger partial charge in [-0.2, -0.15) is 0 Å². The van der Waals surface area contributed by atoms with Gasteiger partial charge in [0.25, 0.3) is 0 Å². The van der Waals surface area contributed by atoms with Crippen LogP contribution < -0.4 is 14.8 Å². The predicted molar refractivity (Wildman–Crippen MR) is 116 cm³/mol. The number of hydrogen-bond acceptors (Lipinski definition) is 4. The van der Waals surface area contributed by atoms with Crippen LogP contribution in [0.1, 0.15) is 29.0 Å². The van der Waals surface area contributed by atoms with Gasteiger partial charge in [-0.25, -0.2) is 4.39 Å². The van der Waals surface area contributed by atoms with Crippen molar-refractivity contribution >= 4 is 5.96 Å². The number of likely N-dealkylation sites (tertiary alicyclic amines) is 1. The molecule has 1 heterocycles. The number of halogens is 1. The van der Waals surface area contributed by atoms with Crippen LogP contribution >= 0.6 is 0 Å². The quantitative estimate of drug-likeness (QED) is 0.554. The molecule has 1 N–H and O–H groups in total. The summed E-state index contributed by atoms with van der Waals surface area (Å²) in [6.07, 6.45) is 1.02. The smallest absolute Gasteiger partial charge is 0.193 e. The first-order chi connectivity index (χ1) is 14.6. The van der Waals surface area contributed by atoms with Crippen molar-refractivity contribution in [3.05, 3.63) is 58.9 Å². The van der Waals surface area contributed by atoms with Crippen LogP contribution in [-0.2, 0) is 17.9 Å². The van der Waals surface area contributed by atoms with Crippen molar-refractivity contribution in [3.8, 4) is 11.5 Å². The summed E-state index contributed by atoms with van der Waals surface area (Å²) >= 11 is 0. The molecule has 1 atom stereocenters. The van der Waals surface area contributed by atoms with Crippen molar-refractivity contribution in [2.24, 2.45) is 4.99 Å². The van der Waals surface area contributed by atoms with Crippen LogP contribution in [0.2, 0.25) is 0 Å². The molecular weight excluding hydrogens is 385 g/mol. The summed E-state index contributed by atoms with van der Waals surface area (Å²) in [7, 11) is 6.68. The van der Waals surface area contributed by atoms with Gasteiger partial charge < -0.3 is 24.4 Å². The molecule has 1 fully saturated rings. The first kappa shape index (κ1) is 21.9. The van der Waals surface area contributed by atoms with E-state index in [2.05, 4.69) is 27.3 Å². The molecule has 0 aliphatic carbocycles. The van der Waals surface area contributed by atoms with Gasteiger partial charge in [0.2, 0.25) is 0 Å². The molecule has 0 aromatic heterocycles. The van der Waals surface area contributed by atoms with Gasteiger partial charge in [0, 0.05) is 51.3 Å². The molecule has 2 aromatic rings. The molecule has 6 nitrogen and oxygen atoms in total. The highest BCUT2D eigenvalue weighted by Crippen LogP contribution is 2.32. The summed E-state index contributed by atoms with van der Waals surface area (Å²) in [5.74, 6) is 2.56. The second-order valence-electron chi connectivity index (χ2n) is 7.34. The minimum atomic E-state index is -0.249. The average molecular weight is 416 g/mol. The standard InChI is InChI=1S/C23H30FN3O3/c1-25-23(26-13-16-5-6-22(24)19(9-16)15-28-2)27-8-7-17(14-27)18-10-20(29-3)12-21(11-18)30-4/h5-6,9-12,17H,7-8,13-15H2,1-4H3,(H,25,26). The number of aliphatic imine (C=N–C) groups is 1. The van der Waals surface area contributed by atoms with Crippen molar-refractivity contribution in [3.63, 3.8) is 0 Å². The van der Waals surface area contributed by atoms with Gasteiger partial charge in [-0.3, -0.25) is 4.99 Å². The number of guanidine groups is 1. The van der Waals surface area contributed by atoms with Gasteiger partial charge in [0.05, 0.1) is 20.8 Å². The maximum Gasteiger partial charge on any atom is 0.193 e. The first-order valence-corrected chi connectivity index (χ1v) is 10.0. The molecule has 1 aliphatic rings. The van der Waals surface area contributed by atoms with Crippen molar-refractivity contribution in [1.82, 2.24) is 10.2 Å². The lowest BCUT2D eigenvalue weighted by Gasteiger charge is -2.22. The van der Waals surface area contributed by atoms with Crippen molar-refractivity contribution in [2.45, 2.75) is 25.5 Å². The Balaban J connectivity index is 1.64. The van der Waals surface area contributed by atoms with Gasteiger partial charge in [0.1, 0.15) is 17.3 Å². The van der Waals surface area contributed by atoms with Crippen LogP contribution in [0.4, 0.5) is 4.39 Å². The molecule has 0 radical (unpaired) electrons. The van der Waals surface area contributed by atoms with E-state index < -0.39 is 0 Å². The third kappa shape index (κ3) is 5.21. The number of ether oxygens (including phenoxy) is 3. The fourth-order valence-corrected chi connectivity index (χ4v) is 3.81. The minimum Gasteiger partial charge on any atom is -0.497 e. The van der Waals surface area contributed by atoms with E-state index in [1.165, 1.54) is 11.6 Å². The second kappa shape index (κ2) is 10.3. The highest BCUT2D eigenvalue weighted by Gasteiger charge is 2.27. The molecule has 30 heavy (non-hydrogen) atoms. The summed E-state index contributed by atoms with van der Waals surface area (Å²) in [5.41, 5.74) is 2.74. The van der Waals surface area contributed by atoms with E-state index in [0.29, 0.717) is 18.0 Å². The third-order valence-corrected chi connectivity index (χ3v) is 5.41. The normalized spacial score (nSPS) is 16.6. The molecule has 162 valence electrons. The van der Waals surface area contributed by atoms with Crippen molar-refractivity contribution in [2.75, 3.05) is 41.5 Å². The number of rotatable bonds is 7. The highest BCUT2D eigenvalue weighted by atomic mass is 19.1. The molecule has 0 saturated carbocycles. The van der Waals surface area contributed by atoms with E-state index in [0.717, 1.165) is 42.5 Å². The Hall–Kier alpha value is -2.80. The van der Waals surface area contributed by atoms with E-state index in [-0.39, 0.29) is 12.4 Å². The van der Waals surface area contributed by atoms with E-state index in [1.54, 1.807) is 34.4 Å². The third-order valence-electron chi connectivity index (χ3n) is 5.41. The topological polar surface area (TPSA) is 55.3 Å². The van der Waals surface area contributed by atoms with Crippen LogP contribution in [0.3, 0.4) is 0 Å². The maximum atomic E-state index is 13.8. The predicted octanol–water partition coefficient (Wildman–Crippen LogP) is 3.55. The van der Waals surface area contributed by atoms with E-state index in [9.17, 15) is 4.39 Å². The fraction of sp³-hybridized carbons (Fsp3) is 0.435. The fourth-order valence-electron chi connectivity index (χ4n) is 3.81. The highest BCUT2D eigenvalue weighted by molar-refractivity contribution is 5.80. The molecule has 1 saturated heterocycles. The molecule has 0 amide bonds. The Kier molecular flexibility index (Phi) is 7.52. The van der Waals surface area contributed by atoms with Gasteiger partial charge in [-0.15, -0.1) is 0 Å². The van der Waals surface area contributed by atoms with Gasteiger partial charge in [0.15, 0.2) is 5.96 Å². The minimum absolute atomic E-state index is 0.249. The molecule has 2 aromatic carbocycles. The van der Waals surface area contributed by atoms with Crippen LogP contribution in [0.25, 0.3) is 0 Å². The largest absolute Gasteiger partial charge is 0.497 e. The summed E-state index contributed by atoms with van der Waals surface area (Å²) in [6.45, 7) is 2.58. The zero-order chi connectivity index (χ0) is 21.5. The average Bonchev–Trinajstić information content (AvgIpc) is 3.26. The number of nitrogens with one attached hydrogen (secondary N) is 1. The first-order valence-electron chi connectivity index (χ1n) is 10.0. The Morgan fingerprint density at radius 1 is 1.13 bits per heavy atom. The van der Waals surface area contributed by atoms with Crippen LogP contribution in [-0.4, -0.2) is 52.3 Å². The molecule has 0 spiro atoms. The summed E-state index contributed by atoms with van der Waals surface area (Å²) in [5, 5.41) is 3.40. The Morgan fingerprint density at radius 3 is 2.50 bits per heavy atom. The summed E-state index contributed by atoms with van der Waals surface area (Å²) < 4.78 is 29.7. The maximum absolute atomic E-state index is 13.8. The van der Waals surface area contributed by atoms with Gasteiger partial charge in [-0.1, -0.05) is 6.07 Å². The zero-order valence-corrected chi connectivity index (χ0v) is 18.1. The van der Waals surface area contributed by atoms with Gasteiger partial charge in [-0.05, 0) is 41.8 Å². The molecule has 0 bridgehead atoms. The van der Waals surface area contributed by atoms with E-state index in [1.807, 2.05) is 12.1 Å². The molecule has 1 aliphatic heterocycles. The Labute approximate surface area is 177 Å². The number of benzene rings is 2. The Bertz CT molecular complexity index is 866. The summed E-state index contributed by atoms with van der Waals surface area (Å²) in [4.78, 5) is 6.69. The molecule has 7 heteroatoms. The Morgan fingerprint density at radius 2 is 1.87 bits per heavy atom.